The molecule has 0 unspecified atom stereocenters. The summed E-state index contributed by atoms with van der Waals surface area (Å²) in [5, 5.41) is 11.7. The Morgan fingerprint density at radius 1 is 1.43 bits per heavy atom. The minimum Gasteiger partial charge on any atom is -0.480 e. The third-order valence-corrected chi connectivity index (χ3v) is 4.72. The summed E-state index contributed by atoms with van der Waals surface area (Å²) >= 11 is 1.18. The number of carbonyl (C=O) groups excluding carboxylic acids is 2. The molecule has 1 fully saturated rings. The molecular formula is C13H23N3O4S. The van der Waals surface area contributed by atoms with E-state index in [4.69, 9.17) is 10.8 Å². The summed E-state index contributed by atoms with van der Waals surface area (Å²) in [4.78, 5) is 35.8. The number of amides is 2. The zero-order valence-corrected chi connectivity index (χ0v) is 13.4. The number of thioether (sulfide) groups is 1. The molecule has 0 saturated heterocycles. The average molecular weight is 317 g/mol. The maximum Gasteiger partial charge on any atom is 0.321 e. The molecule has 0 spiro atoms. The summed E-state index contributed by atoms with van der Waals surface area (Å²) in [6.07, 6.45) is 2.00. The number of aliphatic carboxylic acids is 1. The van der Waals surface area contributed by atoms with Crippen molar-refractivity contribution in [3.05, 3.63) is 0 Å². The number of rotatable bonds is 8. The third kappa shape index (κ3) is 5.92. The van der Waals surface area contributed by atoms with Gasteiger partial charge in [0, 0.05) is 17.8 Å². The zero-order chi connectivity index (χ0) is 16.2. The Hall–Kier alpha value is -1.28. The van der Waals surface area contributed by atoms with Crippen molar-refractivity contribution < 1.29 is 19.5 Å². The lowest BCUT2D eigenvalue weighted by molar-refractivity contribution is -0.139. The van der Waals surface area contributed by atoms with Gasteiger partial charge in [0.15, 0.2) is 0 Å². The molecule has 1 atom stereocenters. The molecule has 0 aromatic carbocycles. The Morgan fingerprint density at radius 2 is 2.00 bits per heavy atom. The number of nitrogens with zero attached hydrogens (tertiary/aromatic N) is 1. The van der Waals surface area contributed by atoms with E-state index in [0.29, 0.717) is 0 Å². The van der Waals surface area contributed by atoms with Crippen LogP contribution in [0.3, 0.4) is 0 Å². The smallest absolute Gasteiger partial charge is 0.321 e. The Kier molecular flexibility index (Phi) is 6.03. The third-order valence-electron chi connectivity index (χ3n) is 3.33. The van der Waals surface area contributed by atoms with Crippen molar-refractivity contribution in [3.8, 4) is 0 Å². The van der Waals surface area contributed by atoms with Crippen molar-refractivity contribution in [3.63, 3.8) is 0 Å². The van der Waals surface area contributed by atoms with E-state index in [1.165, 1.54) is 16.7 Å². The fraction of sp³-hybridized carbons (Fsp3) is 0.769. The fourth-order valence-corrected chi connectivity index (χ4v) is 2.55. The van der Waals surface area contributed by atoms with Crippen molar-refractivity contribution in [2.75, 3.05) is 19.3 Å². The van der Waals surface area contributed by atoms with Crippen LogP contribution in [0.1, 0.15) is 26.7 Å². The second kappa shape index (κ2) is 7.13. The van der Waals surface area contributed by atoms with E-state index >= 15 is 0 Å². The number of hydrogen-bond donors (Lipinski definition) is 3. The molecule has 0 aromatic heterocycles. The minimum absolute atomic E-state index is 0.0152. The Balaban J connectivity index is 2.37. The van der Waals surface area contributed by atoms with Gasteiger partial charge in [-0.2, -0.15) is 0 Å². The van der Waals surface area contributed by atoms with Crippen molar-refractivity contribution in [1.82, 2.24) is 10.2 Å². The second-order valence-corrected chi connectivity index (χ2v) is 7.43. The van der Waals surface area contributed by atoms with Gasteiger partial charge in [0.05, 0.1) is 12.3 Å². The van der Waals surface area contributed by atoms with E-state index in [1.807, 2.05) is 0 Å². The van der Waals surface area contributed by atoms with Gasteiger partial charge in [-0.15, -0.1) is 11.8 Å². The quantitative estimate of drug-likeness (QED) is 0.564. The minimum atomic E-state index is -1.10. The number of carboxylic acids is 1. The van der Waals surface area contributed by atoms with Crippen LogP contribution in [0.15, 0.2) is 0 Å². The molecule has 21 heavy (non-hydrogen) atoms. The van der Waals surface area contributed by atoms with Crippen molar-refractivity contribution in [2.45, 2.75) is 43.5 Å². The lowest BCUT2D eigenvalue weighted by Gasteiger charge is -2.28. The Labute approximate surface area is 128 Å². The molecule has 120 valence electrons. The first-order valence-electron chi connectivity index (χ1n) is 6.79. The maximum absolute atomic E-state index is 12.0. The van der Waals surface area contributed by atoms with Crippen LogP contribution in [0.5, 0.6) is 0 Å². The van der Waals surface area contributed by atoms with Gasteiger partial charge in [0.2, 0.25) is 11.8 Å². The van der Waals surface area contributed by atoms with Crippen LogP contribution in [-0.2, 0) is 14.4 Å². The molecule has 0 bridgehead atoms. The molecule has 8 heteroatoms. The van der Waals surface area contributed by atoms with E-state index in [2.05, 4.69) is 5.32 Å². The van der Waals surface area contributed by atoms with Crippen molar-refractivity contribution in [2.24, 2.45) is 5.73 Å². The first kappa shape index (κ1) is 17.8. The number of carboxylic acid groups (broad SMARTS) is 1. The summed E-state index contributed by atoms with van der Waals surface area (Å²) in [7, 11) is 1.56. The van der Waals surface area contributed by atoms with E-state index in [0.717, 1.165) is 12.8 Å². The van der Waals surface area contributed by atoms with Gasteiger partial charge in [-0.1, -0.05) is 0 Å². The van der Waals surface area contributed by atoms with Crippen molar-refractivity contribution >= 4 is 29.5 Å². The highest BCUT2D eigenvalue weighted by Gasteiger charge is 2.33. The molecule has 7 nitrogen and oxygen atoms in total. The molecule has 4 N–H and O–H groups in total. The fourth-order valence-electron chi connectivity index (χ4n) is 1.55. The van der Waals surface area contributed by atoms with Crippen LogP contribution in [-0.4, -0.2) is 64.0 Å². The first-order chi connectivity index (χ1) is 9.63. The van der Waals surface area contributed by atoms with Gasteiger partial charge in [-0.3, -0.25) is 14.4 Å². The number of nitrogens with two attached hydrogens (primary N) is 1. The standard InChI is InChI=1S/C13H23N3O4S/c1-13(2,11(14)12(19)20)21-7-10(18)16(3)6-9(17)15-8-4-5-8/h8,11H,4-7,14H2,1-3H3,(H,15,17)(H,19,20)/t11-/m1/s1. The highest BCUT2D eigenvalue weighted by Crippen LogP contribution is 2.27. The summed E-state index contributed by atoms with van der Waals surface area (Å²) in [6.45, 7) is 3.38. The molecule has 0 radical (unpaired) electrons. The molecule has 0 aliphatic heterocycles. The van der Waals surface area contributed by atoms with Gasteiger partial charge in [0.25, 0.3) is 0 Å². The van der Waals surface area contributed by atoms with Crippen LogP contribution < -0.4 is 11.1 Å². The summed E-state index contributed by atoms with van der Waals surface area (Å²) in [5.74, 6) is -1.41. The first-order valence-corrected chi connectivity index (χ1v) is 7.77. The van der Waals surface area contributed by atoms with E-state index in [1.54, 1.807) is 20.9 Å². The normalized spacial score (nSPS) is 16.2. The van der Waals surface area contributed by atoms with Crippen LogP contribution in [0, 0.1) is 0 Å². The van der Waals surface area contributed by atoms with E-state index in [-0.39, 0.29) is 30.2 Å². The van der Waals surface area contributed by atoms with Gasteiger partial charge in [-0.25, -0.2) is 0 Å². The second-order valence-electron chi connectivity index (χ2n) is 5.80. The number of carbonyl (C=O) groups is 3. The highest BCUT2D eigenvalue weighted by molar-refractivity contribution is 8.01. The topological polar surface area (TPSA) is 113 Å². The molecular weight excluding hydrogens is 294 g/mol. The predicted molar refractivity (Wildman–Crippen MR) is 80.9 cm³/mol. The highest BCUT2D eigenvalue weighted by atomic mass is 32.2. The monoisotopic (exact) mass is 317 g/mol. The summed E-state index contributed by atoms with van der Waals surface area (Å²) < 4.78 is -0.765. The zero-order valence-electron chi connectivity index (χ0n) is 12.6. The molecule has 1 aliphatic carbocycles. The number of likely N-dealkylation sites (N-methyl/N-ethyl adjacent to an activating group) is 1. The summed E-state index contributed by atoms with van der Waals surface area (Å²) in [5.41, 5.74) is 5.59. The maximum atomic E-state index is 12.0. The Bertz CT molecular complexity index is 424. The van der Waals surface area contributed by atoms with Gasteiger partial charge in [-0.05, 0) is 26.7 Å². The van der Waals surface area contributed by atoms with Crippen LogP contribution in [0.4, 0.5) is 0 Å². The lowest BCUT2D eigenvalue weighted by Crippen LogP contribution is -2.47. The molecule has 2 amide bonds. The molecule has 0 heterocycles. The van der Waals surface area contributed by atoms with Crippen molar-refractivity contribution in [1.29, 1.82) is 0 Å². The SMILES string of the molecule is CN(CC(=O)NC1CC1)C(=O)CSC(C)(C)[C@H](N)C(=O)O. The van der Waals surface area contributed by atoms with Gasteiger partial charge < -0.3 is 21.1 Å². The molecule has 1 rings (SSSR count). The number of nitrogens with one attached hydrogen (secondary N) is 1. The molecule has 0 aromatic rings. The van der Waals surface area contributed by atoms with Gasteiger partial charge in [0.1, 0.15) is 6.04 Å². The average Bonchev–Trinajstić information content (AvgIpc) is 3.18. The van der Waals surface area contributed by atoms with E-state index < -0.39 is 16.8 Å². The van der Waals surface area contributed by atoms with E-state index in [9.17, 15) is 14.4 Å². The van der Waals surface area contributed by atoms with Crippen LogP contribution in [0.25, 0.3) is 0 Å². The Morgan fingerprint density at radius 3 is 2.48 bits per heavy atom. The summed E-state index contributed by atoms with van der Waals surface area (Å²) in [6, 6.07) is -0.790. The predicted octanol–water partition coefficient (Wildman–Crippen LogP) is -0.353. The molecule has 1 saturated carbocycles. The lowest BCUT2D eigenvalue weighted by atomic mass is 10.1. The molecule has 1 aliphatic rings. The van der Waals surface area contributed by atoms with Crippen LogP contribution >= 0.6 is 11.8 Å². The largest absolute Gasteiger partial charge is 0.480 e. The number of hydrogen-bond acceptors (Lipinski definition) is 5. The van der Waals surface area contributed by atoms with Gasteiger partial charge >= 0.3 is 5.97 Å². The van der Waals surface area contributed by atoms with Crippen LogP contribution in [0.2, 0.25) is 0 Å².